The molecule has 2 heterocycles. The van der Waals surface area contributed by atoms with Crippen molar-refractivity contribution < 1.29 is 33.4 Å². The number of imide groups is 2. The molecule has 0 bridgehead atoms. The maximum Gasteiger partial charge on any atom is 0.264 e. The minimum Gasteiger partial charge on any atom is -0.379 e. The van der Waals surface area contributed by atoms with Gasteiger partial charge in [-0.2, -0.15) is 0 Å². The van der Waals surface area contributed by atoms with Gasteiger partial charge in [0.05, 0.1) is 30.0 Å². The van der Waals surface area contributed by atoms with Gasteiger partial charge in [0.25, 0.3) is 11.8 Å². The van der Waals surface area contributed by atoms with Gasteiger partial charge in [0.15, 0.2) is 0 Å². The highest BCUT2D eigenvalue weighted by Crippen LogP contribution is 2.32. The summed E-state index contributed by atoms with van der Waals surface area (Å²) in [7, 11) is 0. The summed E-state index contributed by atoms with van der Waals surface area (Å²) < 4.78 is 11.1. The van der Waals surface area contributed by atoms with E-state index in [2.05, 4.69) is 24.5 Å². The Labute approximate surface area is 211 Å². The van der Waals surface area contributed by atoms with E-state index in [-0.39, 0.29) is 42.0 Å². The topological polar surface area (TPSA) is 131 Å². The molecule has 196 valence electrons. The third kappa shape index (κ3) is 6.98. The maximum atomic E-state index is 13.1. The molecule has 3 rings (SSSR count). The molecule has 5 amide bonds. The molecule has 0 spiro atoms. The average molecular weight is 502 g/mol. The van der Waals surface area contributed by atoms with Crippen LogP contribution in [0.3, 0.4) is 0 Å². The van der Waals surface area contributed by atoms with Crippen molar-refractivity contribution in [2.45, 2.75) is 64.8 Å². The normalized spacial score (nSPS) is 18.3. The number of carbonyl (C=O) groups is 5. The van der Waals surface area contributed by atoms with E-state index < -0.39 is 29.7 Å². The van der Waals surface area contributed by atoms with Crippen molar-refractivity contribution in [3.63, 3.8) is 0 Å². The molecule has 10 heteroatoms. The molecular formula is C26H35N3O7. The van der Waals surface area contributed by atoms with Crippen LogP contribution in [0, 0.1) is 5.92 Å². The molecule has 36 heavy (non-hydrogen) atoms. The number of carbonyl (C=O) groups excluding carboxylic acids is 5. The van der Waals surface area contributed by atoms with Crippen molar-refractivity contribution in [2.24, 2.45) is 5.92 Å². The molecule has 1 fully saturated rings. The Balaban J connectivity index is 1.42. The number of benzene rings is 1. The second-order valence-corrected chi connectivity index (χ2v) is 9.23. The third-order valence-electron chi connectivity index (χ3n) is 6.41. The highest BCUT2D eigenvalue weighted by Gasteiger charge is 2.45. The first-order chi connectivity index (χ1) is 17.3. The van der Waals surface area contributed by atoms with Gasteiger partial charge >= 0.3 is 0 Å². The Morgan fingerprint density at radius 3 is 2.61 bits per heavy atom. The molecule has 2 aliphatic heterocycles. The van der Waals surface area contributed by atoms with Crippen LogP contribution < -0.4 is 10.6 Å². The summed E-state index contributed by atoms with van der Waals surface area (Å²) >= 11 is 0. The lowest BCUT2D eigenvalue weighted by Gasteiger charge is -2.27. The van der Waals surface area contributed by atoms with Crippen LogP contribution in [-0.4, -0.2) is 66.9 Å². The molecule has 2 unspecified atom stereocenters. The fourth-order valence-corrected chi connectivity index (χ4v) is 4.12. The number of piperidine rings is 1. The molecule has 0 aromatic heterocycles. The van der Waals surface area contributed by atoms with E-state index in [9.17, 15) is 24.0 Å². The van der Waals surface area contributed by atoms with Gasteiger partial charge in [-0.1, -0.05) is 32.8 Å². The number of rotatable bonds is 14. The van der Waals surface area contributed by atoms with E-state index in [0.29, 0.717) is 32.2 Å². The Hall–Kier alpha value is -3.11. The number of nitrogens with one attached hydrogen (secondary N) is 2. The second-order valence-electron chi connectivity index (χ2n) is 9.23. The number of hydrogen-bond donors (Lipinski definition) is 2. The van der Waals surface area contributed by atoms with Crippen LogP contribution in [0.4, 0.5) is 5.69 Å². The van der Waals surface area contributed by atoms with E-state index in [4.69, 9.17) is 9.47 Å². The molecule has 0 aliphatic carbocycles. The van der Waals surface area contributed by atoms with Gasteiger partial charge in [0.1, 0.15) is 6.04 Å². The molecule has 0 radical (unpaired) electrons. The van der Waals surface area contributed by atoms with Crippen molar-refractivity contribution in [1.82, 2.24) is 10.2 Å². The number of hydrogen-bond acceptors (Lipinski definition) is 7. The first-order valence-electron chi connectivity index (χ1n) is 12.6. The van der Waals surface area contributed by atoms with Crippen molar-refractivity contribution in [3.8, 4) is 0 Å². The van der Waals surface area contributed by atoms with Crippen LogP contribution in [0.5, 0.6) is 0 Å². The smallest absolute Gasteiger partial charge is 0.264 e. The van der Waals surface area contributed by atoms with E-state index in [1.54, 1.807) is 12.1 Å². The van der Waals surface area contributed by atoms with Gasteiger partial charge in [-0.25, -0.2) is 0 Å². The van der Waals surface area contributed by atoms with Gasteiger partial charge in [-0.05, 0) is 37.3 Å². The summed E-state index contributed by atoms with van der Waals surface area (Å²) in [6.45, 7) is 6.77. The Morgan fingerprint density at radius 1 is 1.08 bits per heavy atom. The summed E-state index contributed by atoms with van der Waals surface area (Å²) in [5.41, 5.74) is 0.448. The quantitative estimate of drug-likeness (QED) is 0.296. The minimum atomic E-state index is -1.05. The Kier molecular flexibility index (Phi) is 10.1. The molecule has 2 N–H and O–H groups in total. The summed E-state index contributed by atoms with van der Waals surface area (Å²) in [5.74, 6) is -2.07. The first-order valence-corrected chi connectivity index (χ1v) is 12.6. The van der Waals surface area contributed by atoms with Crippen LogP contribution in [-0.2, 0) is 23.9 Å². The summed E-state index contributed by atoms with van der Waals surface area (Å²) in [5, 5.41) is 4.90. The Morgan fingerprint density at radius 2 is 1.86 bits per heavy atom. The van der Waals surface area contributed by atoms with Crippen molar-refractivity contribution in [2.75, 3.05) is 31.7 Å². The molecule has 1 saturated heterocycles. The van der Waals surface area contributed by atoms with Crippen molar-refractivity contribution in [3.05, 3.63) is 29.3 Å². The first kappa shape index (κ1) is 27.5. The third-order valence-corrected chi connectivity index (χ3v) is 6.41. The Bertz CT molecular complexity index is 994. The van der Waals surface area contributed by atoms with Crippen LogP contribution in [0.1, 0.15) is 79.5 Å². The molecular weight excluding hydrogens is 466 g/mol. The van der Waals surface area contributed by atoms with Gasteiger partial charge < -0.3 is 14.8 Å². The standard InChI is InChI=1S/C26H35N3O7/c1-3-17(2)16-36-15-14-35-13-6-4-5-10-21(30)27-19-9-7-8-18-23(19)26(34)29(25(18)33)20-11-12-22(31)28-24(20)32/h7-9,17,20H,3-6,10-16H2,1-2H3,(H,27,30)(H,28,31,32). The second kappa shape index (κ2) is 13.3. The lowest BCUT2D eigenvalue weighted by atomic mass is 10.0. The van der Waals surface area contributed by atoms with E-state index in [1.165, 1.54) is 6.07 Å². The zero-order chi connectivity index (χ0) is 26.1. The predicted octanol–water partition coefficient (Wildman–Crippen LogP) is 2.67. The van der Waals surface area contributed by atoms with Crippen LogP contribution in [0.2, 0.25) is 0 Å². The lowest BCUT2D eigenvalue weighted by Crippen LogP contribution is -2.54. The zero-order valence-corrected chi connectivity index (χ0v) is 21.0. The summed E-state index contributed by atoms with van der Waals surface area (Å²) in [6.07, 6.45) is 3.78. The molecule has 2 aliphatic rings. The molecule has 10 nitrogen and oxygen atoms in total. The van der Waals surface area contributed by atoms with Gasteiger partial charge in [0, 0.05) is 26.1 Å². The number of anilines is 1. The largest absolute Gasteiger partial charge is 0.379 e. The highest BCUT2D eigenvalue weighted by atomic mass is 16.5. The maximum absolute atomic E-state index is 13.1. The minimum absolute atomic E-state index is 0.0461. The zero-order valence-electron chi connectivity index (χ0n) is 21.0. The van der Waals surface area contributed by atoms with Gasteiger partial charge in [-0.3, -0.25) is 34.2 Å². The van der Waals surface area contributed by atoms with Crippen molar-refractivity contribution >= 4 is 35.2 Å². The molecule has 1 aromatic rings. The fraction of sp³-hybridized carbons (Fsp3) is 0.577. The monoisotopic (exact) mass is 501 g/mol. The molecule has 2 atom stereocenters. The number of ether oxygens (including phenoxy) is 2. The van der Waals surface area contributed by atoms with Crippen LogP contribution in [0.15, 0.2) is 18.2 Å². The van der Waals surface area contributed by atoms with Crippen LogP contribution in [0.25, 0.3) is 0 Å². The van der Waals surface area contributed by atoms with Gasteiger partial charge in [-0.15, -0.1) is 0 Å². The van der Waals surface area contributed by atoms with E-state index >= 15 is 0 Å². The number of fused-ring (bicyclic) bond motifs is 1. The fourth-order valence-electron chi connectivity index (χ4n) is 4.12. The average Bonchev–Trinajstić information content (AvgIpc) is 3.10. The molecule has 1 aromatic carbocycles. The SMILES string of the molecule is CCC(C)COCCOCCCCCC(=O)Nc1cccc2c1C(=O)N(C1CCC(=O)NC1=O)C2=O. The van der Waals surface area contributed by atoms with Crippen LogP contribution >= 0.6 is 0 Å². The summed E-state index contributed by atoms with van der Waals surface area (Å²) in [6, 6.07) is 3.59. The molecule has 0 saturated carbocycles. The predicted molar refractivity (Wildman–Crippen MR) is 131 cm³/mol. The van der Waals surface area contributed by atoms with E-state index in [0.717, 1.165) is 30.8 Å². The van der Waals surface area contributed by atoms with E-state index in [1.807, 2.05) is 0 Å². The number of unbranched alkanes of at least 4 members (excludes halogenated alkanes) is 2. The lowest BCUT2D eigenvalue weighted by molar-refractivity contribution is -0.136. The number of nitrogens with zero attached hydrogens (tertiary/aromatic N) is 1. The highest BCUT2D eigenvalue weighted by molar-refractivity contribution is 6.26. The van der Waals surface area contributed by atoms with Crippen molar-refractivity contribution in [1.29, 1.82) is 0 Å². The number of amides is 5. The summed E-state index contributed by atoms with van der Waals surface area (Å²) in [4.78, 5) is 63.0. The van der Waals surface area contributed by atoms with Gasteiger partial charge in [0.2, 0.25) is 17.7 Å².